The molecule has 150 valence electrons. The fraction of sp³-hybridized carbons (Fsp3) is 0.524. The second kappa shape index (κ2) is 12.8. The smallest absolute Gasteiger partial charge is 0.307 e. The first-order valence-electron chi connectivity index (χ1n) is 9.31. The topological polar surface area (TPSA) is 65.1 Å². The van der Waals surface area contributed by atoms with Crippen molar-refractivity contribution in [2.75, 3.05) is 34.4 Å². The Morgan fingerprint density at radius 3 is 2.44 bits per heavy atom. The Morgan fingerprint density at radius 2 is 1.81 bits per heavy atom. The summed E-state index contributed by atoms with van der Waals surface area (Å²) in [6.07, 6.45) is 7.64. The molecule has 0 radical (unpaired) electrons. The quantitative estimate of drug-likeness (QED) is 0.316. The Morgan fingerprint density at radius 1 is 1.04 bits per heavy atom. The fourth-order valence-corrected chi connectivity index (χ4v) is 2.63. The van der Waals surface area contributed by atoms with Gasteiger partial charge in [0.25, 0.3) is 0 Å². The number of amides is 1. The van der Waals surface area contributed by atoms with Gasteiger partial charge < -0.3 is 19.1 Å². The van der Waals surface area contributed by atoms with Crippen LogP contribution >= 0.6 is 0 Å². The number of ether oxygens (including phenoxy) is 3. The summed E-state index contributed by atoms with van der Waals surface area (Å²) >= 11 is 0. The van der Waals surface area contributed by atoms with Crippen LogP contribution in [-0.4, -0.2) is 51.2 Å². The number of carbonyl (C=O) groups excluding carboxylic acids is 2. The number of unbranched alkanes of at least 4 members (excludes halogenated alkanes) is 3. The van der Waals surface area contributed by atoms with Crippen molar-refractivity contribution >= 4 is 18.0 Å². The predicted molar refractivity (Wildman–Crippen MR) is 106 cm³/mol. The number of rotatable bonds is 12. The molecule has 0 N–H and O–H groups in total. The van der Waals surface area contributed by atoms with Crippen LogP contribution in [0.15, 0.2) is 24.3 Å². The highest BCUT2D eigenvalue weighted by Gasteiger charge is 2.13. The van der Waals surface area contributed by atoms with Crippen LogP contribution in [0.3, 0.4) is 0 Å². The number of carbonyl (C=O) groups is 2. The summed E-state index contributed by atoms with van der Waals surface area (Å²) in [6, 6.07) is 5.40. The minimum atomic E-state index is -0.320. The van der Waals surface area contributed by atoms with Crippen molar-refractivity contribution in [1.29, 1.82) is 0 Å². The van der Waals surface area contributed by atoms with E-state index >= 15 is 0 Å². The number of nitrogens with zero attached hydrogens (tertiary/aromatic N) is 1. The van der Waals surface area contributed by atoms with Gasteiger partial charge in [-0.1, -0.05) is 26.2 Å². The van der Waals surface area contributed by atoms with E-state index in [1.165, 1.54) is 13.2 Å². The van der Waals surface area contributed by atoms with E-state index in [1.54, 1.807) is 37.3 Å². The number of hydrogen-bond acceptors (Lipinski definition) is 5. The maximum absolute atomic E-state index is 12.7. The molecule has 27 heavy (non-hydrogen) atoms. The molecule has 1 aromatic carbocycles. The highest BCUT2D eigenvalue weighted by atomic mass is 16.5. The molecule has 0 aliphatic heterocycles. The Bertz CT molecular complexity index is 627. The van der Waals surface area contributed by atoms with Gasteiger partial charge in [0.05, 0.1) is 27.8 Å². The molecule has 0 unspecified atom stereocenters. The standard InChI is InChI=1S/C21H31NO5/c1-5-6-7-8-14-22(15-13-21(24)27-4)20(23)12-9-17-16-18(25-2)10-11-19(17)26-3/h9-12,16H,5-8,13-15H2,1-4H3/b12-9+. The van der Waals surface area contributed by atoms with Crippen LogP contribution in [0.2, 0.25) is 0 Å². The summed E-state index contributed by atoms with van der Waals surface area (Å²) in [7, 11) is 4.52. The Labute approximate surface area is 162 Å². The van der Waals surface area contributed by atoms with Crippen molar-refractivity contribution in [3.63, 3.8) is 0 Å². The van der Waals surface area contributed by atoms with Crippen molar-refractivity contribution in [2.45, 2.75) is 39.0 Å². The van der Waals surface area contributed by atoms with Gasteiger partial charge in [-0.3, -0.25) is 9.59 Å². The van der Waals surface area contributed by atoms with Crippen LogP contribution in [0.25, 0.3) is 6.08 Å². The lowest BCUT2D eigenvalue weighted by molar-refractivity contribution is -0.141. The molecule has 0 aliphatic carbocycles. The maximum atomic E-state index is 12.7. The van der Waals surface area contributed by atoms with Crippen molar-refractivity contribution in [3.8, 4) is 11.5 Å². The van der Waals surface area contributed by atoms with E-state index in [4.69, 9.17) is 9.47 Å². The van der Waals surface area contributed by atoms with E-state index in [2.05, 4.69) is 11.7 Å². The molecule has 0 saturated heterocycles. The van der Waals surface area contributed by atoms with Gasteiger partial charge in [-0.25, -0.2) is 0 Å². The van der Waals surface area contributed by atoms with E-state index in [9.17, 15) is 9.59 Å². The first-order valence-corrected chi connectivity index (χ1v) is 9.31. The van der Waals surface area contributed by atoms with Gasteiger partial charge in [0.1, 0.15) is 11.5 Å². The highest BCUT2D eigenvalue weighted by molar-refractivity contribution is 5.92. The third-order valence-corrected chi connectivity index (χ3v) is 4.25. The largest absolute Gasteiger partial charge is 0.497 e. The van der Waals surface area contributed by atoms with Crippen molar-refractivity contribution in [3.05, 3.63) is 29.8 Å². The number of benzene rings is 1. The molecule has 0 aromatic heterocycles. The van der Waals surface area contributed by atoms with Gasteiger partial charge in [0.2, 0.25) is 5.91 Å². The lowest BCUT2D eigenvalue weighted by atomic mass is 10.1. The van der Waals surface area contributed by atoms with Gasteiger partial charge in [0.15, 0.2) is 0 Å². The van der Waals surface area contributed by atoms with Gasteiger partial charge >= 0.3 is 5.97 Å². The van der Waals surface area contributed by atoms with Gasteiger partial charge in [0, 0.05) is 24.7 Å². The molecule has 0 aliphatic rings. The van der Waals surface area contributed by atoms with E-state index < -0.39 is 0 Å². The molecular weight excluding hydrogens is 346 g/mol. The Hall–Kier alpha value is -2.50. The first kappa shape index (κ1) is 22.5. The zero-order chi connectivity index (χ0) is 20.1. The molecule has 0 bridgehead atoms. The van der Waals surface area contributed by atoms with Crippen LogP contribution in [0.1, 0.15) is 44.6 Å². The summed E-state index contributed by atoms with van der Waals surface area (Å²) < 4.78 is 15.2. The minimum Gasteiger partial charge on any atom is -0.497 e. The number of esters is 1. The summed E-state index contributed by atoms with van der Waals surface area (Å²) in [5, 5.41) is 0. The van der Waals surface area contributed by atoms with Gasteiger partial charge in [-0.15, -0.1) is 0 Å². The predicted octanol–water partition coefficient (Wildman–Crippen LogP) is 3.69. The lowest BCUT2D eigenvalue weighted by Crippen LogP contribution is -2.32. The molecule has 0 saturated carbocycles. The average molecular weight is 377 g/mol. The van der Waals surface area contributed by atoms with Crippen LogP contribution in [0, 0.1) is 0 Å². The second-order valence-corrected chi connectivity index (χ2v) is 6.15. The molecule has 1 rings (SSSR count). The van der Waals surface area contributed by atoms with Crippen LogP contribution in [0.4, 0.5) is 0 Å². The molecule has 1 amide bonds. The second-order valence-electron chi connectivity index (χ2n) is 6.15. The molecule has 0 heterocycles. The Kier molecular flexibility index (Phi) is 10.7. The lowest BCUT2D eigenvalue weighted by Gasteiger charge is -2.20. The maximum Gasteiger partial charge on any atom is 0.307 e. The van der Waals surface area contributed by atoms with Crippen molar-refractivity contribution in [2.24, 2.45) is 0 Å². The molecular formula is C21H31NO5. The third-order valence-electron chi connectivity index (χ3n) is 4.25. The molecule has 6 nitrogen and oxygen atoms in total. The zero-order valence-electron chi connectivity index (χ0n) is 16.8. The average Bonchev–Trinajstić information content (AvgIpc) is 2.70. The normalized spacial score (nSPS) is 10.7. The summed E-state index contributed by atoms with van der Waals surface area (Å²) in [4.78, 5) is 25.8. The van der Waals surface area contributed by atoms with E-state index in [0.717, 1.165) is 31.2 Å². The van der Waals surface area contributed by atoms with Crippen LogP contribution < -0.4 is 9.47 Å². The monoisotopic (exact) mass is 377 g/mol. The summed E-state index contributed by atoms with van der Waals surface area (Å²) in [5.74, 6) is 0.883. The molecule has 0 atom stereocenters. The first-order chi connectivity index (χ1) is 13.0. The Balaban J connectivity index is 2.83. The summed E-state index contributed by atoms with van der Waals surface area (Å²) in [6.45, 7) is 3.11. The van der Waals surface area contributed by atoms with E-state index in [0.29, 0.717) is 24.6 Å². The minimum absolute atomic E-state index is 0.139. The SMILES string of the molecule is CCCCCCN(CCC(=O)OC)C(=O)/C=C/c1cc(OC)ccc1OC. The third kappa shape index (κ3) is 8.15. The highest BCUT2D eigenvalue weighted by Crippen LogP contribution is 2.25. The zero-order valence-corrected chi connectivity index (χ0v) is 16.8. The molecule has 0 spiro atoms. The molecule has 1 aromatic rings. The summed E-state index contributed by atoms with van der Waals surface area (Å²) in [5.41, 5.74) is 0.754. The molecule has 6 heteroatoms. The van der Waals surface area contributed by atoms with E-state index in [-0.39, 0.29) is 18.3 Å². The van der Waals surface area contributed by atoms with Crippen molar-refractivity contribution in [1.82, 2.24) is 4.90 Å². The fourth-order valence-electron chi connectivity index (χ4n) is 2.63. The van der Waals surface area contributed by atoms with Crippen molar-refractivity contribution < 1.29 is 23.8 Å². The number of methoxy groups -OCH3 is 3. The van der Waals surface area contributed by atoms with Gasteiger partial charge in [-0.2, -0.15) is 0 Å². The molecule has 0 fully saturated rings. The van der Waals surface area contributed by atoms with Gasteiger partial charge in [-0.05, 0) is 30.7 Å². The van der Waals surface area contributed by atoms with Crippen LogP contribution in [-0.2, 0) is 14.3 Å². The van der Waals surface area contributed by atoms with Crippen LogP contribution in [0.5, 0.6) is 11.5 Å². The van der Waals surface area contributed by atoms with E-state index in [1.807, 2.05) is 6.07 Å². The number of hydrogen-bond donors (Lipinski definition) is 0.